The predicted molar refractivity (Wildman–Crippen MR) is 98.7 cm³/mol. The van der Waals surface area contributed by atoms with Gasteiger partial charge in [0.2, 0.25) is 6.79 Å². The van der Waals surface area contributed by atoms with Crippen LogP contribution in [0.5, 0.6) is 11.5 Å². The molecule has 142 valence electrons. The summed E-state index contributed by atoms with van der Waals surface area (Å²) in [6, 6.07) is 6.58. The van der Waals surface area contributed by atoms with Crippen molar-refractivity contribution in [2.45, 2.75) is 51.4 Å². The quantitative estimate of drug-likeness (QED) is 0.898. The molecular weight excluding hydrogens is 344 g/mol. The Labute approximate surface area is 158 Å². The molecule has 0 bridgehead atoms. The highest BCUT2D eigenvalue weighted by Crippen LogP contribution is 2.34. The number of aromatic nitrogens is 2. The molecule has 27 heavy (non-hydrogen) atoms. The van der Waals surface area contributed by atoms with Gasteiger partial charge in [0.15, 0.2) is 11.5 Å². The summed E-state index contributed by atoms with van der Waals surface area (Å²) >= 11 is 0. The highest BCUT2D eigenvalue weighted by molar-refractivity contribution is 5.92. The molecule has 7 heteroatoms. The molecular formula is C20H24N4O3. The standard InChI is InChI=1S/C20H24N4O3/c1-13-19-22-16(20(25)21-15-3-2-4-15)11-24(19)8-7-23(13)10-14-5-6-17-18(9-14)27-12-26-17/h5-6,9,11,13,15H,2-4,7-8,10,12H2,1H3,(H,21,25)/t13-/m1/s1. The molecule has 0 saturated heterocycles. The predicted octanol–water partition coefficient (Wildman–Crippen LogP) is 2.47. The average Bonchev–Trinajstić information content (AvgIpc) is 3.27. The van der Waals surface area contributed by atoms with Crippen LogP contribution in [0.15, 0.2) is 24.4 Å². The van der Waals surface area contributed by atoms with E-state index in [2.05, 4.69) is 32.8 Å². The zero-order valence-electron chi connectivity index (χ0n) is 15.5. The third-order valence-electron chi connectivity index (χ3n) is 5.85. The lowest BCUT2D eigenvalue weighted by Gasteiger charge is -2.33. The molecule has 1 aliphatic carbocycles. The van der Waals surface area contributed by atoms with Crippen molar-refractivity contribution in [1.29, 1.82) is 0 Å². The summed E-state index contributed by atoms with van der Waals surface area (Å²) in [7, 11) is 0. The Balaban J connectivity index is 1.30. The number of fused-ring (bicyclic) bond motifs is 2. The van der Waals surface area contributed by atoms with Crippen molar-refractivity contribution in [3.63, 3.8) is 0 Å². The number of carbonyl (C=O) groups is 1. The Morgan fingerprint density at radius 2 is 2.11 bits per heavy atom. The van der Waals surface area contributed by atoms with E-state index in [1.807, 2.05) is 18.3 Å². The molecule has 2 aliphatic heterocycles. The highest BCUT2D eigenvalue weighted by Gasteiger charge is 2.29. The summed E-state index contributed by atoms with van der Waals surface area (Å²) in [5, 5.41) is 3.08. The van der Waals surface area contributed by atoms with Gasteiger partial charge in [0.05, 0.1) is 6.04 Å². The first-order valence-electron chi connectivity index (χ1n) is 9.68. The van der Waals surface area contributed by atoms with E-state index in [9.17, 15) is 4.79 Å². The lowest BCUT2D eigenvalue weighted by atomic mass is 9.93. The number of rotatable bonds is 4. The van der Waals surface area contributed by atoms with Crippen LogP contribution in [0.2, 0.25) is 0 Å². The molecule has 1 N–H and O–H groups in total. The smallest absolute Gasteiger partial charge is 0.271 e. The lowest BCUT2D eigenvalue weighted by Crippen LogP contribution is -2.39. The van der Waals surface area contributed by atoms with Crippen LogP contribution >= 0.6 is 0 Å². The topological polar surface area (TPSA) is 68.6 Å². The zero-order valence-corrected chi connectivity index (χ0v) is 15.5. The molecule has 0 radical (unpaired) electrons. The second-order valence-corrected chi connectivity index (χ2v) is 7.61. The molecule has 1 amide bonds. The van der Waals surface area contributed by atoms with Gasteiger partial charge in [-0.3, -0.25) is 9.69 Å². The van der Waals surface area contributed by atoms with Crippen molar-refractivity contribution in [2.75, 3.05) is 13.3 Å². The molecule has 1 fully saturated rings. The number of nitrogens with zero attached hydrogens (tertiary/aromatic N) is 3. The largest absolute Gasteiger partial charge is 0.454 e. The van der Waals surface area contributed by atoms with E-state index in [4.69, 9.17) is 9.47 Å². The SMILES string of the molecule is C[C@@H]1c2nc(C(=O)NC3CCC3)cn2CCN1Cc1ccc2c(c1)OCO2. The summed E-state index contributed by atoms with van der Waals surface area (Å²) in [5.41, 5.74) is 1.72. The van der Waals surface area contributed by atoms with Gasteiger partial charge in [-0.25, -0.2) is 4.98 Å². The summed E-state index contributed by atoms with van der Waals surface area (Å²) in [5.74, 6) is 2.54. The van der Waals surface area contributed by atoms with Crippen molar-refractivity contribution in [3.05, 3.63) is 41.5 Å². The third kappa shape index (κ3) is 3.06. The summed E-state index contributed by atoms with van der Waals surface area (Å²) in [6.07, 6.45) is 5.27. The van der Waals surface area contributed by atoms with Crippen LogP contribution in [-0.4, -0.2) is 39.7 Å². The highest BCUT2D eigenvalue weighted by atomic mass is 16.7. The fourth-order valence-electron chi connectivity index (χ4n) is 3.95. The number of hydrogen-bond acceptors (Lipinski definition) is 5. The molecule has 1 saturated carbocycles. The van der Waals surface area contributed by atoms with Gasteiger partial charge < -0.3 is 19.4 Å². The van der Waals surface area contributed by atoms with Gasteiger partial charge >= 0.3 is 0 Å². The third-order valence-corrected chi connectivity index (χ3v) is 5.85. The van der Waals surface area contributed by atoms with Gasteiger partial charge in [-0.1, -0.05) is 6.07 Å². The molecule has 1 atom stereocenters. The first kappa shape index (κ1) is 16.6. The second-order valence-electron chi connectivity index (χ2n) is 7.61. The molecule has 7 nitrogen and oxygen atoms in total. The van der Waals surface area contributed by atoms with Crippen molar-refractivity contribution >= 4 is 5.91 Å². The minimum absolute atomic E-state index is 0.0453. The Bertz CT molecular complexity index is 874. The van der Waals surface area contributed by atoms with Gasteiger partial charge in [0.1, 0.15) is 11.5 Å². The minimum Gasteiger partial charge on any atom is -0.454 e. The van der Waals surface area contributed by atoms with Crippen LogP contribution in [0.4, 0.5) is 0 Å². The van der Waals surface area contributed by atoms with E-state index in [0.717, 1.165) is 49.8 Å². The molecule has 2 aromatic rings. The van der Waals surface area contributed by atoms with E-state index < -0.39 is 0 Å². The minimum atomic E-state index is -0.0453. The maximum Gasteiger partial charge on any atom is 0.271 e. The number of benzene rings is 1. The maximum absolute atomic E-state index is 12.4. The molecule has 0 unspecified atom stereocenters. The van der Waals surface area contributed by atoms with Crippen LogP contribution < -0.4 is 14.8 Å². The van der Waals surface area contributed by atoms with Crippen molar-refractivity contribution < 1.29 is 14.3 Å². The first-order valence-corrected chi connectivity index (χ1v) is 9.68. The van der Waals surface area contributed by atoms with Gasteiger partial charge in [-0.05, 0) is 43.9 Å². The summed E-state index contributed by atoms with van der Waals surface area (Å²) < 4.78 is 13.0. The van der Waals surface area contributed by atoms with E-state index >= 15 is 0 Å². The van der Waals surface area contributed by atoms with Gasteiger partial charge in [0.25, 0.3) is 5.91 Å². The van der Waals surface area contributed by atoms with Gasteiger partial charge in [0, 0.05) is 31.9 Å². The van der Waals surface area contributed by atoms with E-state index in [1.54, 1.807) is 0 Å². The van der Waals surface area contributed by atoms with Gasteiger partial charge in [-0.15, -0.1) is 0 Å². The van der Waals surface area contributed by atoms with Crippen molar-refractivity contribution in [3.8, 4) is 11.5 Å². The maximum atomic E-state index is 12.4. The van der Waals surface area contributed by atoms with Crippen LogP contribution in [-0.2, 0) is 13.1 Å². The molecule has 3 heterocycles. The monoisotopic (exact) mass is 368 g/mol. The zero-order chi connectivity index (χ0) is 18.4. The van der Waals surface area contributed by atoms with Crippen molar-refractivity contribution in [1.82, 2.24) is 19.8 Å². The lowest BCUT2D eigenvalue weighted by molar-refractivity contribution is 0.0912. The number of amides is 1. The number of ether oxygens (including phenoxy) is 2. The van der Waals surface area contributed by atoms with Crippen LogP contribution in [0.3, 0.4) is 0 Å². The van der Waals surface area contributed by atoms with E-state index in [1.165, 1.54) is 12.0 Å². The number of nitrogens with one attached hydrogen (secondary N) is 1. The number of imidazole rings is 1. The van der Waals surface area contributed by atoms with Crippen molar-refractivity contribution in [2.24, 2.45) is 0 Å². The molecule has 5 rings (SSSR count). The summed E-state index contributed by atoms with van der Waals surface area (Å²) in [6.45, 7) is 5.02. The fourth-order valence-corrected chi connectivity index (χ4v) is 3.95. The Hall–Kier alpha value is -2.54. The molecule has 1 aromatic carbocycles. The van der Waals surface area contributed by atoms with E-state index in [0.29, 0.717) is 18.5 Å². The van der Waals surface area contributed by atoms with Crippen LogP contribution in [0, 0.1) is 0 Å². The summed E-state index contributed by atoms with van der Waals surface area (Å²) in [4.78, 5) is 19.5. The molecule has 0 spiro atoms. The first-order chi connectivity index (χ1) is 13.2. The van der Waals surface area contributed by atoms with Gasteiger partial charge in [-0.2, -0.15) is 0 Å². The van der Waals surface area contributed by atoms with E-state index in [-0.39, 0.29) is 11.9 Å². The van der Waals surface area contributed by atoms with Crippen LogP contribution in [0.25, 0.3) is 0 Å². The fraction of sp³-hybridized carbons (Fsp3) is 0.500. The normalized spacial score (nSPS) is 21.6. The second kappa shape index (κ2) is 6.56. The van der Waals surface area contributed by atoms with Crippen LogP contribution in [0.1, 0.15) is 54.1 Å². The Morgan fingerprint density at radius 3 is 2.93 bits per heavy atom. The molecule has 3 aliphatic rings. The number of carbonyl (C=O) groups excluding carboxylic acids is 1. The Kier molecular flexibility index (Phi) is 4.04. The average molecular weight is 368 g/mol. The molecule has 1 aromatic heterocycles. The number of hydrogen-bond donors (Lipinski definition) is 1. The Morgan fingerprint density at radius 1 is 1.26 bits per heavy atom.